The number of hydrogen-bond acceptors (Lipinski definition) is 2. The molecule has 0 aromatic carbocycles. The molecular weight excluding hydrogens is 226 g/mol. The second kappa shape index (κ2) is 4.67. The molecule has 0 atom stereocenters. The van der Waals surface area contributed by atoms with Crippen LogP contribution in [0.3, 0.4) is 0 Å². The van der Waals surface area contributed by atoms with Crippen LogP contribution < -0.4 is 5.73 Å². The van der Waals surface area contributed by atoms with Gasteiger partial charge in [0.2, 0.25) is 0 Å². The predicted octanol–water partition coefficient (Wildman–Crippen LogP) is 2.26. The highest BCUT2D eigenvalue weighted by molar-refractivity contribution is 5.93. The van der Waals surface area contributed by atoms with E-state index >= 15 is 0 Å². The minimum Gasteiger partial charge on any atom is -0.397 e. The lowest BCUT2D eigenvalue weighted by Crippen LogP contribution is -2.33. The largest absolute Gasteiger partial charge is 0.397 e. The number of nitrogens with two attached hydrogens (primary N) is 1. The monoisotopic (exact) mass is 249 g/mol. The van der Waals surface area contributed by atoms with Crippen molar-refractivity contribution in [2.45, 2.75) is 33.1 Å². The Hall–Kier alpha value is -1.45. The average molecular weight is 249 g/mol. The molecule has 1 aliphatic rings. The smallest absolute Gasteiger partial charge is 0.270 e. The molecule has 2 N–H and O–H groups in total. The number of hydrogen-bond donors (Lipinski definition) is 1. The Morgan fingerprint density at radius 3 is 2.67 bits per heavy atom. The van der Waals surface area contributed by atoms with E-state index in [1.807, 2.05) is 16.5 Å². The number of likely N-dealkylation sites (tertiary alicyclic amines) is 1. The second-order valence-corrected chi connectivity index (χ2v) is 6.08. The van der Waals surface area contributed by atoms with Crippen molar-refractivity contribution in [2.24, 2.45) is 12.5 Å². The van der Waals surface area contributed by atoms with E-state index in [1.54, 1.807) is 12.3 Å². The molecule has 4 nitrogen and oxygen atoms in total. The van der Waals surface area contributed by atoms with Crippen LogP contribution >= 0.6 is 0 Å². The molecule has 100 valence electrons. The standard InChI is InChI=1S/C14H23N3O/c1-14(2)5-4-7-17(8-6-14)13(18)12-9-11(15)10-16(12)3/h9-10H,4-8,15H2,1-3H3. The Labute approximate surface area is 109 Å². The maximum absolute atomic E-state index is 12.4. The van der Waals surface area contributed by atoms with Gasteiger partial charge in [0.1, 0.15) is 5.69 Å². The van der Waals surface area contributed by atoms with Crippen molar-refractivity contribution in [1.82, 2.24) is 9.47 Å². The van der Waals surface area contributed by atoms with Crippen LogP contribution in [0.15, 0.2) is 12.3 Å². The summed E-state index contributed by atoms with van der Waals surface area (Å²) in [7, 11) is 1.87. The van der Waals surface area contributed by atoms with E-state index in [1.165, 1.54) is 6.42 Å². The fourth-order valence-corrected chi connectivity index (χ4v) is 2.59. The zero-order chi connectivity index (χ0) is 13.3. The number of carbonyl (C=O) groups excluding carboxylic acids is 1. The first-order valence-electron chi connectivity index (χ1n) is 6.60. The summed E-state index contributed by atoms with van der Waals surface area (Å²) in [5, 5.41) is 0. The molecule has 1 fully saturated rings. The van der Waals surface area contributed by atoms with Crippen LogP contribution in [0.25, 0.3) is 0 Å². The maximum Gasteiger partial charge on any atom is 0.270 e. The molecule has 1 aromatic heterocycles. The van der Waals surface area contributed by atoms with Crippen LogP contribution in [0.5, 0.6) is 0 Å². The molecule has 0 saturated carbocycles. The van der Waals surface area contributed by atoms with Crippen LogP contribution in [-0.4, -0.2) is 28.5 Å². The molecule has 2 rings (SSSR count). The molecule has 2 heterocycles. The van der Waals surface area contributed by atoms with Gasteiger partial charge in [-0.2, -0.15) is 0 Å². The lowest BCUT2D eigenvalue weighted by Gasteiger charge is -2.23. The summed E-state index contributed by atoms with van der Waals surface area (Å²) in [6, 6.07) is 1.76. The van der Waals surface area contributed by atoms with Gasteiger partial charge >= 0.3 is 0 Å². The van der Waals surface area contributed by atoms with Gasteiger partial charge in [0.25, 0.3) is 5.91 Å². The summed E-state index contributed by atoms with van der Waals surface area (Å²) in [6.07, 6.45) is 5.12. The summed E-state index contributed by atoms with van der Waals surface area (Å²) < 4.78 is 1.81. The molecule has 0 unspecified atom stereocenters. The number of nitrogens with zero attached hydrogens (tertiary/aromatic N) is 2. The van der Waals surface area contributed by atoms with Gasteiger partial charge < -0.3 is 15.2 Å². The highest BCUT2D eigenvalue weighted by atomic mass is 16.2. The van der Waals surface area contributed by atoms with Crippen molar-refractivity contribution in [1.29, 1.82) is 0 Å². The van der Waals surface area contributed by atoms with Crippen LogP contribution in [0.1, 0.15) is 43.6 Å². The van der Waals surface area contributed by atoms with Crippen LogP contribution in [0.4, 0.5) is 5.69 Å². The number of amides is 1. The Balaban J connectivity index is 2.12. The van der Waals surface area contributed by atoms with E-state index in [2.05, 4.69) is 13.8 Å². The van der Waals surface area contributed by atoms with Crippen LogP contribution in [0.2, 0.25) is 0 Å². The lowest BCUT2D eigenvalue weighted by molar-refractivity contribution is 0.0748. The zero-order valence-corrected chi connectivity index (χ0v) is 11.6. The van der Waals surface area contributed by atoms with E-state index in [9.17, 15) is 4.79 Å². The molecule has 0 spiro atoms. The normalized spacial score (nSPS) is 19.6. The molecular formula is C14H23N3O. The topological polar surface area (TPSA) is 51.3 Å². The van der Waals surface area contributed by atoms with E-state index in [0.29, 0.717) is 16.8 Å². The number of aryl methyl sites for hydroxylation is 1. The van der Waals surface area contributed by atoms with Crippen molar-refractivity contribution < 1.29 is 4.79 Å². The summed E-state index contributed by atoms with van der Waals surface area (Å²) in [5.74, 6) is 0.104. The Morgan fingerprint density at radius 2 is 2.06 bits per heavy atom. The van der Waals surface area contributed by atoms with Gasteiger partial charge in [0.15, 0.2) is 0 Å². The maximum atomic E-state index is 12.4. The molecule has 1 amide bonds. The highest BCUT2D eigenvalue weighted by Crippen LogP contribution is 2.30. The number of carbonyl (C=O) groups is 1. The van der Waals surface area contributed by atoms with Gasteiger partial charge in [0.05, 0.1) is 5.69 Å². The van der Waals surface area contributed by atoms with Gasteiger partial charge in [-0.25, -0.2) is 0 Å². The Bertz CT molecular complexity index is 448. The summed E-state index contributed by atoms with van der Waals surface area (Å²) in [5.41, 5.74) is 7.41. The molecule has 18 heavy (non-hydrogen) atoms. The van der Waals surface area contributed by atoms with Crippen molar-refractivity contribution in [3.05, 3.63) is 18.0 Å². The van der Waals surface area contributed by atoms with Crippen molar-refractivity contribution in [3.63, 3.8) is 0 Å². The first-order valence-corrected chi connectivity index (χ1v) is 6.60. The van der Waals surface area contributed by atoms with Crippen molar-refractivity contribution in [3.8, 4) is 0 Å². The molecule has 1 saturated heterocycles. The first kappa shape index (κ1) is 13.0. The van der Waals surface area contributed by atoms with Gasteiger partial charge in [-0.3, -0.25) is 4.79 Å². The van der Waals surface area contributed by atoms with Gasteiger partial charge in [-0.1, -0.05) is 13.8 Å². The molecule has 0 aliphatic carbocycles. The summed E-state index contributed by atoms with van der Waals surface area (Å²) in [4.78, 5) is 14.4. The zero-order valence-electron chi connectivity index (χ0n) is 11.6. The minimum atomic E-state index is 0.104. The van der Waals surface area contributed by atoms with Crippen molar-refractivity contribution in [2.75, 3.05) is 18.8 Å². The van der Waals surface area contributed by atoms with Gasteiger partial charge in [-0.05, 0) is 30.7 Å². The van der Waals surface area contributed by atoms with Crippen molar-refractivity contribution >= 4 is 11.6 Å². The molecule has 1 aromatic rings. The third-order valence-corrected chi connectivity index (χ3v) is 3.87. The van der Waals surface area contributed by atoms with E-state index in [-0.39, 0.29) is 5.91 Å². The highest BCUT2D eigenvalue weighted by Gasteiger charge is 2.26. The van der Waals surface area contributed by atoms with E-state index < -0.39 is 0 Å². The van der Waals surface area contributed by atoms with E-state index in [0.717, 1.165) is 25.9 Å². The number of aromatic nitrogens is 1. The second-order valence-electron chi connectivity index (χ2n) is 6.08. The number of rotatable bonds is 1. The summed E-state index contributed by atoms with van der Waals surface area (Å²) >= 11 is 0. The van der Waals surface area contributed by atoms with E-state index in [4.69, 9.17) is 5.73 Å². The van der Waals surface area contributed by atoms with Gasteiger partial charge in [-0.15, -0.1) is 0 Å². The Morgan fingerprint density at radius 1 is 1.33 bits per heavy atom. The van der Waals surface area contributed by atoms with Crippen LogP contribution in [-0.2, 0) is 7.05 Å². The first-order chi connectivity index (χ1) is 8.39. The third-order valence-electron chi connectivity index (χ3n) is 3.87. The molecule has 4 heteroatoms. The SMILES string of the molecule is Cn1cc(N)cc1C(=O)N1CCCC(C)(C)CC1. The minimum absolute atomic E-state index is 0.104. The lowest BCUT2D eigenvalue weighted by atomic mass is 9.85. The number of nitrogen functional groups attached to an aromatic ring is 1. The predicted molar refractivity (Wildman–Crippen MR) is 73.4 cm³/mol. The molecule has 0 bridgehead atoms. The third kappa shape index (κ3) is 2.68. The fourth-order valence-electron chi connectivity index (χ4n) is 2.59. The van der Waals surface area contributed by atoms with Crippen LogP contribution in [0, 0.1) is 5.41 Å². The fraction of sp³-hybridized carbons (Fsp3) is 0.643. The Kier molecular flexibility index (Phi) is 3.37. The van der Waals surface area contributed by atoms with Gasteiger partial charge in [0, 0.05) is 26.3 Å². The number of anilines is 1. The average Bonchev–Trinajstić information content (AvgIpc) is 2.50. The molecule has 0 radical (unpaired) electrons. The summed E-state index contributed by atoms with van der Waals surface area (Å²) in [6.45, 7) is 6.26. The quantitative estimate of drug-likeness (QED) is 0.830. The molecule has 1 aliphatic heterocycles.